The van der Waals surface area contributed by atoms with Gasteiger partial charge in [0, 0.05) is 68.7 Å². The van der Waals surface area contributed by atoms with Gasteiger partial charge >= 0.3 is 0 Å². The van der Waals surface area contributed by atoms with Crippen molar-refractivity contribution < 1.29 is 4.42 Å². The highest BCUT2D eigenvalue weighted by Gasteiger charge is 2.34. The Morgan fingerprint density at radius 3 is 2.15 bits per heavy atom. The van der Waals surface area contributed by atoms with Crippen LogP contribution in [0.5, 0.6) is 0 Å². The third-order valence-electron chi connectivity index (χ3n) is 9.72. The molecule has 10 rings (SSSR count). The average molecular weight is 628 g/mol. The summed E-state index contributed by atoms with van der Waals surface area (Å²) in [4.78, 5) is 5.34. The summed E-state index contributed by atoms with van der Waals surface area (Å²) in [6.45, 7) is 0. The summed E-state index contributed by atoms with van der Waals surface area (Å²) in [5.74, 6) is 0. The van der Waals surface area contributed by atoms with Gasteiger partial charge in [0.05, 0.1) is 0 Å². The Balaban J connectivity index is 1.16. The maximum absolute atomic E-state index is 6.38. The Labute approximate surface area is 272 Å². The van der Waals surface area contributed by atoms with Gasteiger partial charge in [-0.1, -0.05) is 72.8 Å². The van der Waals surface area contributed by atoms with E-state index in [1.807, 2.05) is 23.5 Å². The van der Waals surface area contributed by atoms with Crippen molar-refractivity contribution in [3.8, 4) is 11.1 Å². The number of benzene rings is 7. The summed E-state index contributed by atoms with van der Waals surface area (Å²) in [6.07, 6.45) is 4.92. The first-order chi connectivity index (χ1) is 22.6. The van der Waals surface area contributed by atoms with Crippen molar-refractivity contribution >= 4 is 91.3 Å². The van der Waals surface area contributed by atoms with Gasteiger partial charge in [-0.2, -0.15) is 10.0 Å². The second kappa shape index (κ2) is 9.49. The van der Waals surface area contributed by atoms with E-state index < -0.39 is 10.0 Å². The van der Waals surface area contributed by atoms with E-state index in [0.29, 0.717) is 0 Å². The maximum atomic E-state index is 6.38. The Hall–Kier alpha value is -5.03. The normalized spacial score (nSPS) is 14.3. The van der Waals surface area contributed by atoms with Crippen molar-refractivity contribution in [2.24, 2.45) is 0 Å². The third-order valence-corrected chi connectivity index (χ3v) is 13.8. The van der Waals surface area contributed by atoms with E-state index in [-0.39, 0.29) is 0 Å². The summed E-state index contributed by atoms with van der Waals surface area (Å²) in [7, 11) is -1.22. The highest BCUT2D eigenvalue weighted by atomic mass is 32.3. The van der Waals surface area contributed by atoms with Crippen molar-refractivity contribution in [3.63, 3.8) is 0 Å². The van der Waals surface area contributed by atoms with Gasteiger partial charge in [0.1, 0.15) is 11.2 Å². The number of hydrogen-bond acceptors (Lipinski definition) is 3. The Bertz CT molecular complexity index is 2680. The number of para-hydroxylation sites is 2. The molecule has 46 heavy (non-hydrogen) atoms. The van der Waals surface area contributed by atoms with Crippen LogP contribution in [0.2, 0.25) is 0 Å². The number of nitrogens with zero attached hydrogens (tertiary/aromatic N) is 1. The summed E-state index contributed by atoms with van der Waals surface area (Å²) in [6, 6.07) is 51.0. The molecule has 0 N–H and O–H groups in total. The summed E-state index contributed by atoms with van der Waals surface area (Å²) in [5, 5.41) is 7.34. The van der Waals surface area contributed by atoms with Crippen molar-refractivity contribution in [2.75, 3.05) is 17.4 Å². The Morgan fingerprint density at radius 1 is 0.543 bits per heavy atom. The van der Waals surface area contributed by atoms with Crippen LogP contribution in [0.25, 0.3) is 64.0 Å². The monoisotopic (exact) mass is 627 g/mol. The molecule has 1 aliphatic heterocycles. The van der Waals surface area contributed by atoms with E-state index in [1.165, 1.54) is 46.8 Å². The van der Waals surface area contributed by atoms with Crippen molar-refractivity contribution in [3.05, 3.63) is 140 Å². The Morgan fingerprint density at radius 2 is 1.26 bits per heavy atom. The van der Waals surface area contributed by atoms with Gasteiger partial charge < -0.3 is 9.32 Å². The zero-order valence-corrected chi connectivity index (χ0v) is 27.1. The summed E-state index contributed by atoms with van der Waals surface area (Å²) < 4.78 is 9.15. The van der Waals surface area contributed by atoms with Crippen LogP contribution in [-0.4, -0.2) is 12.5 Å². The molecule has 0 radical (unpaired) electrons. The van der Waals surface area contributed by atoms with Gasteiger partial charge in [-0.05, 0) is 90.2 Å². The first-order valence-electron chi connectivity index (χ1n) is 15.6. The van der Waals surface area contributed by atoms with E-state index in [4.69, 9.17) is 4.42 Å². The van der Waals surface area contributed by atoms with E-state index in [2.05, 4.69) is 145 Å². The second-order valence-electron chi connectivity index (χ2n) is 12.5. The molecule has 0 spiro atoms. The molecular weight excluding hydrogens is 599 g/mol. The lowest BCUT2D eigenvalue weighted by Crippen LogP contribution is -2.10. The van der Waals surface area contributed by atoms with Gasteiger partial charge in [0.2, 0.25) is 0 Å². The molecule has 1 aliphatic rings. The van der Waals surface area contributed by atoms with Crippen molar-refractivity contribution in [1.29, 1.82) is 0 Å². The lowest BCUT2D eigenvalue weighted by atomic mass is 10.0. The molecule has 220 valence electrons. The molecule has 0 fully saturated rings. The van der Waals surface area contributed by atoms with Crippen LogP contribution in [0, 0.1) is 0 Å². The van der Waals surface area contributed by atoms with Gasteiger partial charge in [-0.15, -0.1) is 11.3 Å². The molecule has 3 heterocycles. The van der Waals surface area contributed by atoms with Crippen molar-refractivity contribution in [1.82, 2.24) is 0 Å². The molecule has 2 aromatic heterocycles. The number of hydrogen-bond donors (Lipinski definition) is 0. The number of furan rings is 1. The highest BCUT2D eigenvalue weighted by Crippen LogP contribution is 2.69. The lowest BCUT2D eigenvalue weighted by molar-refractivity contribution is 0.672. The number of thiophene rings is 1. The van der Waals surface area contributed by atoms with Crippen LogP contribution in [0.15, 0.2) is 154 Å². The van der Waals surface area contributed by atoms with Crippen LogP contribution in [0.4, 0.5) is 17.1 Å². The minimum atomic E-state index is -1.22. The number of rotatable bonds is 3. The SMILES string of the molecule is CS1(C)c2cc(N(c3ccccc3)c3ccc4c(ccc5c6ccccc6oc45)c3)ccc2-c2c1ccc1c2sc2ccccc21. The minimum Gasteiger partial charge on any atom is -0.455 e. The molecule has 0 amide bonds. The predicted molar refractivity (Wildman–Crippen MR) is 200 cm³/mol. The fraction of sp³-hybridized carbons (Fsp3) is 0.0476. The van der Waals surface area contributed by atoms with Crippen molar-refractivity contribution in [2.45, 2.75) is 9.79 Å². The first kappa shape index (κ1) is 26.2. The van der Waals surface area contributed by atoms with E-state index in [0.717, 1.165) is 44.1 Å². The largest absolute Gasteiger partial charge is 0.455 e. The van der Waals surface area contributed by atoms with Gasteiger partial charge in [0.25, 0.3) is 0 Å². The minimum absolute atomic E-state index is 0.928. The molecule has 4 heteroatoms. The lowest BCUT2D eigenvalue weighted by Gasteiger charge is -2.31. The molecule has 0 unspecified atom stereocenters. The molecule has 0 atom stereocenters. The van der Waals surface area contributed by atoms with Crippen LogP contribution >= 0.6 is 21.4 Å². The van der Waals surface area contributed by atoms with Crippen LogP contribution in [-0.2, 0) is 0 Å². The second-order valence-corrected chi connectivity index (χ2v) is 17.1. The molecule has 0 saturated carbocycles. The molecule has 0 bridgehead atoms. The Kier molecular flexibility index (Phi) is 5.41. The quantitative estimate of drug-likeness (QED) is 0.194. The molecular formula is C42H29NOS2. The number of anilines is 3. The van der Waals surface area contributed by atoms with E-state index in [9.17, 15) is 0 Å². The zero-order valence-electron chi connectivity index (χ0n) is 25.5. The van der Waals surface area contributed by atoms with Crippen LogP contribution < -0.4 is 4.90 Å². The maximum Gasteiger partial charge on any atom is 0.143 e. The van der Waals surface area contributed by atoms with Gasteiger partial charge in [-0.25, -0.2) is 0 Å². The van der Waals surface area contributed by atoms with Gasteiger partial charge in [-0.3, -0.25) is 0 Å². The first-order valence-corrected chi connectivity index (χ1v) is 18.8. The molecule has 0 aliphatic carbocycles. The summed E-state index contributed by atoms with van der Waals surface area (Å²) >= 11 is 1.93. The average Bonchev–Trinajstić information content (AvgIpc) is 3.73. The molecule has 2 nitrogen and oxygen atoms in total. The van der Waals surface area contributed by atoms with Crippen LogP contribution in [0.1, 0.15) is 0 Å². The molecule has 7 aromatic carbocycles. The predicted octanol–water partition coefficient (Wildman–Crippen LogP) is 13.0. The molecule has 0 saturated heterocycles. The molecule has 9 aromatic rings. The third kappa shape index (κ3) is 3.60. The standard InChI is InChI=1S/C42H29NOS2/c1-46(2)38-23-22-34-32-13-7-9-15-37(32)45-42(34)40(38)35-21-18-29(25-39(35)46)43(27-10-4-3-5-11-27)28-17-20-30-26(24-28)16-19-33-31-12-6-8-14-36(31)44-41(30)33/h3-25H,1-2H3. The fourth-order valence-corrected chi connectivity index (χ4v) is 11.3. The smallest absolute Gasteiger partial charge is 0.143 e. The topological polar surface area (TPSA) is 16.4 Å². The van der Waals surface area contributed by atoms with Crippen LogP contribution in [0.3, 0.4) is 0 Å². The fourth-order valence-electron chi connectivity index (χ4n) is 7.51. The highest BCUT2D eigenvalue weighted by molar-refractivity contribution is 8.33. The summed E-state index contributed by atoms with van der Waals surface area (Å²) in [5.41, 5.74) is 8.14. The van der Waals surface area contributed by atoms with E-state index >= 15 is 0 Å². The van der Waals surface area contributed by atoms with Gasteiger partial charge in [0.15, 0.2) is 0 Å². The zero-order chi connectivity index (χ0) is 30.6. The number of fused-ring (bicyclic) bond motifs is 12. The van der Waals surface area contributed by atoms with E-state index in [1.54, 1.807) is 0 Å².